The SMILES string of the molecule is N#CCNC(=O)COc1cccc2c1CCCC2=O. The smallest absolute Gasteiger partial charge is 0.258 e. The lowest BCUT2D eigenvalue weighted by molar-refractivity contribution is -0.122. The lowest BCUT2D eigenvalue weighted by Gasteiger charge is -2.18. The number of ketones is 1. The van der Waals surface area contributed by atoms with Crippen LogP contribution in [-0.2, 0) is 11.2 Å². The molecule has 5 nitrogen and oxygen atoms in total. The van der Waals surface area contributed by atoms with Crippen molar-refractivity contribution in [2.45, 2.75) is 19.3 Å². The molecule has 0 bridgehead atoms. The molecule has 1 aromatic rings. The van der Waals surface area contributed by atoms with E-state index >= 15 is 0 Å². The van der Waals surface area contributed by atoms with E-state index in [-0.39, 0.29) is 24.8 Å². The van der Waals surface area contributed by atoms with Gasteiger partial charge in [-0.1, -0.05) is 12.1 Å². The van der Waals surface area contributed by atoms with E-state index in [0.717, 1.165) is 18.4 Å². The molecule has 0 atom stereocenters. The molecule has 0 aromatic heterocycles. The molecule has 0 spiro atoms. The maximum atomic E-state index is 11.7. The average molecular weight is 258 g/mol. The van der Waals surface area contributed by atoms with Crippen LogP contribution < -0.4 is 10.1 Å². The number of nitriles is 1. The molecule has 1 amide bonds. The summed E-state index contributed by atoms with van der Waals surface area (Å²) in [6.45, 7) is -0.181. The Labute approximate surface area is 111 Å². The van der Waals surface area contributed by atoms with Crippen LogP contribution in [0.3, 0.4) is 0 Å². The van der Waals surface area contributed by atoms with Crippen molar-refractivity contribution < 1.29 is 14.3 Å². The number of amides is 1. The van der Waals surface area contributed by atoms with E-state index in [1.807, 2.05) is 6.07 Å². The molecule has 0 fully saturated rings. The summed E-state index contributed by atoms with van der Waals surface area (Å²) in [4.78, 5) is 23.1. The lowest BCUT2D eigenvalue weighted by atomic mass is 9.90. The van der Waals surface area contributed by atoms with E-state index in [1.165, 1.54) is 0 Å². The molecule has 1 aromatic carbocycles. The molecule has 5 heteroatoms. The van der Waals surface area contributed by atoms with E-state index in [2.05, 4.69) is 5.32 Å². The largest absolute Gasteiger partial charge is 0.483 e. The second-order valence-electron chi connectivity index (χ2n) is 4.28. The summed E-state index contributed by atoms with van der Waals surface area (Å²) in [5.74, 6) is 0.361. The summed E-state index contributed by atoms with van der Waals surface area (Å²) in [6.07, 6.45) is 2.17. The highest BCUT2D eigenvalue weighted by molar-refractivity contribution is 5.99. The molecule has 0 saturated heterocycles. The quantitative estimate of drug-likeness (QED) is 0.824. The number of rotatable bonds is 4. The van der Waals surface area contributed by atoms with Gasteiger partial charge in [0.05, 0.1) is 6.07 Å². The Kier molecular flexibility index (Phi) is 4.14. The minimum Gasteiger partial charge on any atom is -0.483 e. The highest BCUT2D eigenvalue weighted by Crippen LogP contribution is 2.29. The van der Waals surface area contributed by atoms with E-state index in [9.17, 15) is 9.59 Å². The minimum atomic E-state index is -0.346. The highest BCUT2D eigenvalue weighted by atomic mass is 16.5. The molecule has 0 unspecified atom stereocenters. The highest BCUT2D eigenvalue weighted by Gasteiger charge is 2.20. The number of hydrogen-bond acceptors (Lipinski definition) is 4. The summed E-state index contributed by atoms with van der Waals surface area (Å²) in [7, 11) is 0. The number of Topliss-reactive ketones (excluding diaryl/α,β-unsaturated/α-hetero) is 1. The van der Waals surface area contributed by atoms with Crippen LogP contribution >= 0.6 is 0 Å². The number of fused-ring (bicyclic) bond motifs is 1. The van der Waals surface area contributed by atoms with Crippen molar-refractivity contribution in [1.82, 2.24) is 5.32 Å². The maximum absolute atomic E-state index is 11.7. The van der Waals surface area contributed by atoms with Crippen molar-refractivity contribution in [2.75, 3.05) is 13.2 Å². The number of ether oxygens (including phenoxy) is 1. The number of benzene rings is 1. The molecule has 0 aliphatic heterocycles. The first-order valence-corrected chi connectivity index (χ1v) is 6.14. The van der Waals surface area contributed by atoms with Gasteiger partial charge in [0.15, 0.2) is 12.4 Å². The number of hydrogen-bond donors (Lipinski definition) is 1. The van der Waals surface area contributed by atoms with Gasteiger partial charge in [-0.2, -0.15) is 5.26 Å². The molecular formula is C14H14N2O3. The van der Waals surface area contributed by atoms with Crippen LogP contribution in [0.2, 0.25) is 0 Å². The molecule has 2 rings (SSSR count). The average Bonchev–Trinajstić information content (AvgIpc) is 2.43. The number of carbonyl (C=O) groups excluding carboxylic acids is 2. The van der Waals surface area contributed by atoms with Crippen molar-refractivity contribution in [3.63, 3.8) is 0 Å². The van der Waals surface area contributed by atoms with Crippen LogP contribution in [0.1, 0.15) is 28.8 Å². The monoisotopic (exact) mass is 258 g/mol. The first-order valence-electron chi connectivity index (χ1n) is 6.14. The molecule has 0 heterocycles. The zero-order chi connectivity index (χ0) is 13.7. The van der Waals surface area contributed by atoms with Gasteiger partial charge in [0, 0.05) is 17.5 Å². The van der Waals surface area contributed by atoms with E-state index in [4.69, 9.17) is 10.00 Å². The second-order valence-corrected chi connectivity index (χ2v) is 4.28. The molecule has 19 heavy (non-hydrogen) atoms. The topological polar surface area (TPSA) is 79.2 Å². The van der Waals surface area contributed by atoms with Crippen LogP contribution in [0.4, 0.5) is 0 Å². The Morgan fingerprint density at radius 2 is 2.26 bits per heavy atom. The molecular weight excluding hydrogens is 244 g/mol. The van der Waals surface area contributed by atoms with Gasteiger partial charge in [0.25, 0.3) is 5.91 Å². The first-order chi connectivity index (χ1) is 9.22. The van der Waals surface area contributed by atoms with E-state index in [0.29, 0.717) is 17.7 Å². The van der Waals surface area contributed by atoms with Gasteiger partial charge in [-0.25, -0.2) is 0 Å². The standard InChI is InChI=1S/C14H14N2O3/c15-7-8-16-14(18)9-19-13-6-2-3-10-11(13)4-1-5-12(10)17/h2-3,6H,1,4-5,8-9H2,(H,16,18). The third-order valence-electron chi connectivity index (χ3n) is 2.99. The van der Waals surface area contributed by atoms with Gasteiger partial charge in [-0.15, -0.1) is 0 Å². The molecule has 1 aliphatic carbocycles. The second kappa shape index (κ2) is 6.01. The van der Waals surface area contributed by atoms with Gasteiger partial charge in [-0.05, 0) is 18.9 Å². The first kappa shape index (κ1) is 13.1. The summed E-state index contributed by atoms with van der Waals surface area (Å²) >= 11 is 0. The van der Waals surface area contributed by atoms with Crippen molar-refractivity contribution in [1.29, 1.82) is 5.26 Å². The van der Waals surface area contributed by atoms with Crippen LogP contribution in [0, 0.1) is 11.3 Å². The fourth-order valence-corrected chi connectivity index (χ4v) is 2.11. The Hall–Kier alpha value is -2.35. The minimum absolute atomic E-state index is 0.0342. The summed E-state index contributed by atoms with van der Waals surface area (Å²) < 4.78 is 5.44. The van der Waals surface area contributed by atoms with Gasteiger partial charge < -0.3 is 10.1 Å². The number of nitrogens with zero attached hydrogens (tertiary/aromatic N) is 1. The molecule has 1 aliphatic rings. The van der Waals surface area contributed by atoms with Crippen LogP contribution in [0.5, 0.6) is 5.75 Å². The van der Waals surface area contributed by atoms with Crippen molar-refractivity contribution in [3.8, 4) is 11.8 Å². The number of nitrogens with one attached hydrogen (secondary N) is 1. The van der Waals surface area contributed by atoms with Crippen molar-refractivity contribution in [3.05, 3.63) is 29.3 Å². The summed E-state index contributed by atoms with van der Waals surface area (Å²) in [5, 5.41) is 10.7. The summed E-state index contributed by atoms with van der Waals surface area (Å²) in [6, 6.07) is 7.12. The number of carbonyl (C=O) groups is 2. The fourth-order valence-electron chi connectivity index (χ4n) is 2.11. The third-order valence-corrected chi connectivity index (χ3v) is 2.99. The van der Waals surface area contributed by atoms with E-state index in [1.54, 1.807) is 18.2 Å². The van der Waals surface area contributed by atoms with Crippen molar-refractivity contribution >= 4 is 11.7 Å². The van der Waals surface area contributed by atoms with E-state index < -0.39 is 0 Å². The van der Waals surface area contributed by atoms with Crippen LogP contribution in [-0.4, -0.2) is 24.8 Å². The zero-order valence-corrected chi connectivity index (χ0v) is 10.4. The van der Waals surface area contributed by atoms with Gasteiger partial charge in [0.1, 0.15) is 12.3 Å². The Morgan fingerprint density at radius 3 is 3.05 bits per heavy atom. The molecule has 98 valence electrons. The van der Waals surface area contributed by atoms with Crippen LogP contribution in [0.15, 0.2) is 18.2 Å². The van der Waals surface area contributed by atoms with Gasteiger partial charge >= 0.3 is 0 Å². The lowest BCUT2D eigenvalue weighted by Crippen LogP contribution is -2.29. The maximum Gasteiger partial charge on any atom is 0.258 e. The summed E-state index contributed by atoms with van der Waals surface area (Å²) in [5.41, 5.74) is 1.58. The van der Waals surface area contributed by atoms with Gasteiger partial charge in [0.2, 0.25) is 0 Å². The van der Waals surface area contributed by atoms with Crippen LogP contribution in [0.25, 0.3) is 0 Å². The zero-order valence-electron chi connectivity index (χ0n) is 10.4. The predicted octanol–water partition coefficient (Wildman–Crippen LogP) is 1.22. The molecule has 0 radical (unpaired) electrons. The fraction of sp³-hybridized carbons (Fsp3) is 0.357. The third kappa shape index (κ3) is 3.10. The molecule has 0 saturated carbocycles. The van der Waals surface area contributed by atoms with Crippen molar-refractivity contribution in [2.24, 2.45) is 0 Å². The predicted molar refractivity (Wildman–Crippen MR) is 67.8 cm³/mol. The van der Waals surface area contributed by atoms with Gasteiger partial charge in [-0.3, -0.25) is 9.59 Å². The Balaban J connectivity index is 2.05. The Morgan fingerprint density at radius 1 is 1.42 bits per heavy atom. The molecule has 1 N–H and O–H groups in total. The Bertz CT molecular complexity index is 546. The normalized spacial score (nSPS) is 13.3.